The molecule has 0 saturated carbocycles. The first-order valence-corrected chi connectivity index (χ1v) is 20.1. The van der Waals surface area contributed by atoms with Gasteiger partial charge in [0.1, 0.15) is 0 Å². The number of alkyl halides is 3. The molecule has 1 aromatic heterocycles. The summed E-state index contributed by atoms with van der Waals surface area (Å²) in [5.41, 5.74) is 8.56. The molecule has 0 aliphatic heterocycles. The molecule has 0 radical (unpaired) electrons. The number of halogens is 3. The van der Waals surface area contributed by atoms with Crippen LogP contribution in [0.3, 0.4) is 0 Å². The second-order valence-corrected chi connectivity index (χ2v) is 16.1. The van der Waals surface area contributed by atoms with Crippen molar-refractivity contribution in [3.63, 3.8) is 0 Å². The van der Waals surface area contributed by atoms with E-state index in [1.165, 1.54) is 81.7 Å². The first-order valence-electron chi connectivity index (χ1n) is 19.2. The first-order chi connectivity index (χ1) is 27.9. The molecule has 1 unspecified atom stereocenters. The molecule has 0 saturated heterocycles. The third kappa shape index (κ3) is 5.43. The van der Waals surface area contributed by atoms with Crippen LogP contribution in [0.25, 0.3) is 75.1 Å². The zero-order chi connectivity index (χ0) is 38.3. The Balaban J connectivity index is 1.09. The van der Waals surface area contributed by atoms with Gasteiger partial charge in [-0.15, -0.1) is 11.3 Å². The van der Waals surface area contributed by atoms with Crippen LogP contribution in [0.4, 0.5) is 13.2 Å². The van der Waals surface area contributed by atoms with Crippen molar-refractivity contribution in [2.45, 2.75) is 6.18 Å². The topological polar surface area (TPSA) is 0 Å². The van der Waals surface area contributed by atoms with Crippen molar-refractivity contribution in [1.29, 1.82) is 0 Å². The van der Waals surface area contributed by atoms with Gasteiger partial charge in [-0.1, -0.05) is 158 Å². The molecule has 0 spiro atoms. The third-order valence-corrected chi connectivity index (χ3v) is 13.0. The Labute approximate surface area is 331 Å². The van der Waals surface area contributed by atoms with Gasteiger partial charge in [-0.25, -0.2) is 0 Å². The fourth-order valence-corrected chi connectivity index (χ4v) is 10.6. The van der Waals surface area contributed by atoms with Gasteiger partial charge in [0.2, 0.25) is 0 Å². The van der Waals surface area contributed by atoms with E-state index >= 15 is 0 Å². The Kier molecular flexibility index (Phi) is 7.74. The lowest BCUT2D eigenvalue weighted by atomic mass is 9.70. The Morgan fingerprint density at radius 3 is 1.49 bits per heavy atom. The first kappa shape index (κ1) is 33.8. The van der Waals surface area contributed by atoms with E-state index in [-0.39, 0.29) is 11.8 Å². The highest BCUT2D eigenvalue weighted by Crippen LogP contribution is 2.47. The van der Waals surface area contributed by atoms with Crippen LogP contribution in [0.2, 0.25) is 0 Å². The molecular formula is C53H33F3S. The van der Waals surface area contributed by atoms with Crippen LogP contribution in [-0.4, -0.2) is 0 Å². The summed E-state index contributed by atoms with van der Waals surface area (Å²) in [6.07, 6.45) is 4.23. The Morgan fingerprint density at radius 1 is 0.386 bits per heavy atom. The van der Waals surface area contributed by atoms with Crippen LogP contribution >= 0.6 is 11.3 Å². The fourth-order valence-electron chi connectivity index (χ4n) is 9.46. The third-order valence-electron chi connectivity index (χ3n) is 11.9. The van der Waals surface area contributed by atoms with Gasteiger partial charge in [0.25, 0.3) is 0 Å². The quantitative estimate of drug-likeness (QED) is 0.157. The minimum atomic E-state index is -4.38. The number of allylic oxidation sites excluding steroid dienone is 4. The zero-order valence-corrected chi connectivity index (χ0v) is 31.4. The van der Waals surface area contributed by atoms with E-state index in [4.69, 9.17) is 0 Å². The number of thiophene rings is 1. The predicted molar refractivity (Wildman–Crippen MR) is 233 cm³/mol. The van der Waals surface area contributed by atoms with E-state index in [1.807, 2.05) is 17.4 Å². The van der Waals surface area contributed by atoms with Crippen molar-refractivity contribution in [1.82, 2.24) is 0 Å². The van der Waals surface area contributed by atoms with Crippen molar-refractivity contribution < 1.29 is 13.2 Å². The zero-order valence-electron chi connectivity index (χ0n) is 30.6. The van der Waals surface area contributed by atoms with Gasteiger partial charge in [-0.3, -0.25) is 0 Å². The Hall–Kier alpha value is -6.49. The van der Waals surface area contributed by atoms with E-state index in [2.05, 4.69) is 158 Å². The molecule has 0 nitrogen and oxygen atoms in total. The summed E-state index contributed by atoms with van der Waals surface area (Å²) in [5.74, 6) is 0.0104. The number of benzene rings is 8. The molecule has 9 aromatic rings. The Morgan fingerprint density at radius 2 is 0.895 bits per heavy atom. The van der Waals surface area contributed by atoms with Crippen LogP contribution in [0, 0.1) is 11.8 Å². The SMILES string of the molecule is FC(F)(F)c1ccc(C2=c3ccccc3=C(c3ccc4c(c3)sc3ccc(-c5c6ccccc6c(-c6ccccc6)c6ccccc56)cc34)C3C=CC=C[C@H]23)cc1. The molecule has 2 aliphatic rings. The maximum absolute atomic E-state index is 13.5. The molecule has 11 rings (SSSR count). The van der Waals surface area contributed by atoms with Crippen LogP contribution < -0.4 is 10.4 Å². The number of hydrogen-bond acceptors (Lipinski definition) is 1. The van der Waals surface area contributed by atoms with Gasteiger partial charge in [-0.05, 0) is 107 Å². The maximum atomic E-state index is 13.5. The second kappa shape index (κ2) is 13.0. The molecule has 2 aliphatic carbocycles. The van der Waals surface area contributed by atoms with Crippen molar-refractivity contribution in [2.24, 2.45) is 11.8 Å². The second-order valence-electron chi connectivity index (χ2n) is 15.0. The average Bonchev–Trinajstić information content (AvgIpc) is 3.62. The molecule has 0 bridgehead atoms. The van der Waals surface area contributed by atoms with E-state index in [9.17, 15) is 13.2 Å². The van der Waals surface area contributed by atoms with Crippen molar-refractivity contribution in [3.05, 3.63) is 215 Å². The maximum Gasteiger partial charge on any atom is 0.416 e. The van der Waals surface area contributed by atoms with E-state index in [1.54, 1.807) is 12.1 Å². The highest BCUT2D eigenvalue weighted by atomic mass is 32.1. The van der Waals surface area contributed by atoms with Gasteiger partial charge < -0.3 is 0 Å². The number of hydrogen-bond donors (Lipinski definition) is 0. The molecule has 57 heavy (non-hydrogen) atoms. The number of fused-ring (bicyclic) bond motifs is 7. The summed E-state index contributed by atoms with van der Waals surface area (Å²) in [6, 6.07) is 56.1. The fraction of sp³-hybridized carbons (Fsp3) is 0.0566. The highest BCUT2D eigenvalue weighted by molar-refractivity contribution is 7.25. The molecular weight excluding hydrogens is 726 g/mol. The minimum absolute atomic E-state index is 0.0183. The summed E-state index contributed by atoms with van der Waals surface area (Å²) in [5, 5.41) is 9.61. The summed E-state index contributed by atoms with van der Waals surface area (Å²) < 4.78 is 43.1. The van der Waals surface area contributed by atoms with Crippen molar-refractivity contribution >= 4 is 64.2 Å². The van der Waals surface area contributed by atoms with E-state index < -0.39 is 11.7 Å². The molecule has 8 aromatic carbocycles. The normalized spacial score (nSPS) is 16.5. The van der Waals surface area contributed by atoms with Gasteiger partial charge >= 0.3 is 6.18 Å². The van der Waals surface area contributed by atoms with Gasteiger partial charge in [0.15, 0.2) is 0 Å². The molecule has 2 atom stereocenters. The molecule has 4 heteroatoms. The lowest BCUT2D eigenvalue weighted by Gasteiger charge is -2.33. The smallest absolute Gasteiger partial charge is 0.166 e. The molecule has 0 fully saturated rings. The lowest BCUT2D eigenvalue weighted by Crippen LogP contribution is -2.40. The highest BCUT2D eigenvalue weighted by Gasteiger charge is 2.34. The lowest BCUT2D eigenvalue weighted by molar-refractivity contribution is -0.137. The van der Waals surface area contributed by atoms with E-state index in [0.717, 1.165) is 27.1 Å². The van der Waals surface area contributed by atoms with Gasteiger partial charge in [0, 0.05) is 32.0 Å². The van der Waals surface area contributed by atoms with Crippen LogP contribution in [-0.2, 0) is 6.18 Å². The summed E-state index contributed by atoms with van der Waals surface area (Å²) in [4.78, 5) is 0. The van der Waals surface area contributed by atoms with Gasteiger partial charge in [-0.2, -0.15) is 13.2 Å². The molecule has 0 amide bonds. The summed E-state index contributed by atoms with van der Waals surface area (Å²) in [6.45, 7) is 0. The van der Waals surface area contributed by atoms with Crippen molar-refractivity contribution in [3.8, 4) is 22.3 Å². The minimum Gasteiger partial charge on any atom is -0.166 e. The monoisotopic (exact) mass is 758 g/mol. The average molecular weight is 759 g/mol. The largest absolute Gasteiger partial charge is 0.416 e. The molecule has 272 valence electrons. The standard InChI is InChI=1S/C53H33F3S/c54-53(55,56)36-26-22-33(23-27-36)50-40-16-6-10-20-44(40)52(45-21-11-7-17-41(45)50)35-24-28-37-46-30-34(25-29-47(46)57-48(37)31-35)51-42-18-8-4-14-38(42)49(32-12-2-1-3-13-32)39-15-5-9-19-43(39)51/h1-31,40,44H/t40-,44?/m0/s1. The number of rotatable bonds is 4. The summed E-state index contributed by atoms with van der Waals surface area (Å²) in [7, 11) is 0. The Bertz CT molecular complexity index is 3220. The van der Waals surface area contributed by atoms with Crippen molar-refractivity contribution in [2.75, 3.05) is 0 Å². The van der Waals surface area contributed by atoms with E-state index in [0.29, 0.717) is 0 Å². The van der Waals surface area contributed by atoms with Crippen LogP contribution in [0.15, 0.2) is 188 Å². The van der Waals surface area contributed by atoms with Gasteiger partial charge in [0.05, 0.1) is 5.56 Å². The van der Waals surface area contributed by atoms with Crippen LogP contribution in [0.5, 0.6) is 0 Å². The molecule has 1 heterocycles. The predicted octanol–water partition coefficient (Wildman–Crippen LogP) is 13.5. The summed E-state index contributed by atoms with van der Waals surface area (Å²) >= 11 is 1.82. The molecule has 0 N–H and O–H groups in total. The van der Waals surface area contributed by atoms with Crippen LogP contribution in [0.1, 0.15) is 16.7 Å².